The zero-order valence-corrected chi connectivity index (χ0v) is 32.1. The van der Waals surface area contributed by atoms with E-state index >= 15 is 0 Å². The molecule has 7 aromatic rings. The number of hydrogen-bond donors (Lipinski definition) is 6. The average molecular weight is 783 g/mol. The number of aromatic nitrogens is 10. The Hall–Kier alpha value is -6.46. The normalized spacial score (nSPS) is 20.7. The second kappa shape index (κ2) is 16.2. The quantitative estimate of drug-likeness (QED) is 0.0992. The van der Waals surface area contributed by atoms with Crippen molar-refractivity contribution in [2.75, 3.05) is 36.4 Å². The van der Waals surface area contributed by atoms with Crippen molar-refractivity contribution in [2.24, 2.45) is 0 Å². The van der Waals surface area contributed by atoms with Crippen molar-refractivity contribution in [1.82, 2.24) is 60.3 Å². The van der Waals surface area contributed by atoms with Crippen LogP contribution in [0, 0.1) is 0 Å². The van der Waals surface area contributed by atoms with Gasteiger partial charge in [0.1, 0.15) is 24.1 Å². The van der Waals surface area contributed by atoms with Gasteiger partial charge in [-0.2, -0.15) is 14.8 Å². The van der Waals surface area contributed by atoms with E-state index in [1.807, 2.05) is 72.2 Å². The fourth-order valence-corrected chi connectivity index (χ4v) is 8.15. The standard InChI is InChI=1S/C41H46N14O3/c1-2-33-50-52-55(51-33)32-21-31(36(56)37(32)57)54-24-44-35-38(43-22-28(25-11-5-3-6-12-25)26-13-7-4-8-14-26)48-40(49-39(35)54)53-20-18-27(23-53)45-41(58)42-19-17-34-46-29-15-9-10-16-30(29)47-34/h3-16,24,27-28,31-32,36-37,56-57H,2,17-23H2,1H3,(H,46,47)(H2,42,45,58)(H,43,48,49)/t27-,31-,32+,36+,37-/m1/s1. The van der Waals surface area contributed by atoms with Crippen molar-refractivity contribution < 1.29 is 15.0 Å². The zero-order valence-electron chi connectivity index (χ0n) is 32.1. The molecule has 1 aliphatic heterocycles. The van der Waals surface area contributed by atoms with Crippen LogP contribution in [0.25, 0.3) is 22.2 Å². The lowest BCUT2D eigenvalue weighted by Crippen LogP contribution is -2.44. The van der Waals surface area contributed by atoms with Crippen LogP contribution in [0.2, 0.25) is 0 Å². The topological polar surface area (TPSA) is 213 Å². The number of tetrazole rings is 1. The second-order valence-electron chi connectivity index (χ2n) is 15.0. The number of imidazole rings is 2. The molecule has 17 nitrogen and oxygen atoms in total. The summed E-state index contributed by atoms with van der Waals surface area (Å²) in [6.45, 7) is 4.01. The summed E-state index contributed by atoms with van der Waals surface area (Å²) in [5, 5.41) is 45.0. The van der Waals surface area contributed by atoms with Gasteiger partial charge < -0.3 is 40.6 Å². The molecule has 0 unspecified atom stereocenters. The molecule has 4 aromatic heterocycles. The molecule has 0 spiro atoms. The Balaban J connectivity index is 0.960. The van der Waals surface area contributed by atoms with Crippen LogP contribution in [0.15, 0.2) is 91.3 Å². The zero-order chi connectivity index (χ0) is 39.6. The summed E-state index contributed by atoms with van der Waals surface area (Å²) in [5.74, 6) is 2.41. The van der Waals surface area contributed by atoms with Gasteiger partial charge in [0, 0.05) is 51.0 Å². The number of benzene rings is 3. The van der Waals surface area contributed by atoms with E-state index in [0.717, 1.165) is 28.0 Å². The molecule has 298 valence electrons. The van der Waals surface area contributed by atoms with E-state index < -0.39 is 24.3 Å². The highest BCUT2D eigenvalue weighted by molar-refractivity contribution is 5.85. The highest BCUT2D eigenvalue weighted by Gasteiger charge is 2.45. The summed E-state index contributed by atoms with van der Waals surface area (Å²) >= 11 is 0. The fraction of sp³-hybridized carbons (Fsp3) is 0.366. The SMILES string of the molecule is CCc1nnn([C@H]2C[C@@H](n3cnc4c(NCC(c5ccccc5)c5ccccc5)nc(N5CC[C@@H](NC(=O)NCCc6nc7ccccc7[nH]6)C5)nc43)[C@H](O)[C@@H]2O)n1. The Kier molecular flexibility index (Phi) is 10.4. The van der Waals surface area contributed by atoms with Crippen LogP contribution in [0.5, 0.6) is 0 Å². The lowest BCUT2D eigenvalue weighted by atomic mass is 9.91. The number of aliphatic hydroxyl groups is 2. The first-order chi connectivity index (χ1) is 28.4. The maximum absolute atomic E-state index is 13.0. The van der Waals surface area contributed by atoms with Crippen LogP contribution in [0.4, 0.5) is 16.6 Å². The molecular formula is C41H46N14O3. The first kappa shape index (κ1) is 37.1. The predicted molar refractivity (Wildman–Crippen MR) is 217 cm³/mol. The molecule has 0 radical (unpaired) electrons. The van der Waals surface area contributed by atoms with Crippen molar-refractivity contribution in [3.8, 4) is 0 Å². The minimum absolute atomic E-state index is 0.0134. The molecule has 1 saturated carbocycles. The number of H-pyrrole nitrogens is 1. The van der Waals surface area contributed by atoms with Gasteiger partial charge in [0.2, 0.25) is 5.95 Å². The molecule has 2 fully saturated rings. The van der Waals surface area contributed by atoms with Crippen molar-refractivity contribution in [3.63, 3.8) is 0 Å². The van der Waals surface area contributed by atoms with E-state index in [-0.39, 0.29) is 18.0 Å². The number of aromatic amines is 1. The van der Waals surface area contributed by atoms with E-state index in [9.17, 15) is 15.0 Å². The van der Waals surface area contributed by atoms with Gasteiger partial charge in [-0.15, -0.1) is 10.2 Å². The maximum Gasteiger partial charge on any atom is 0.315 e. The number of carbonyl (C=O) groups excluding carboxylic acids is 1. The number of urea groups is 1. The van der Waals surface area contributed by atoms with Gasteiger partial charge in [-0.25, -0.2) is 14.8 Å². The molecule has 2 aliphatic rings. The van der Waals surface area contributed by atoms with Crippen LogP contribution in [0.1, 0.15) is 60.5 Å². The third kappa shape index (κ3) is 7.53. The van der Waals surface area contributed by atoms with Crippen molar-refractivity contribution in [1.29, 1.82) is 0 Å². The number of carbonyl (C=O) groups is 1. The maximum atomic E-state index is 13.0. The number of nitrogens with zero attached hydrogens (tertiary/aromatic N) is 10. The van der Waals surface area contributed by atoms with Gasteiger partial charge in [0.15, 0.2) is 22.8 Å². The lowest BCUT2D eigenvalue weighted by molar-refractivity contribution is 0.00473. The Labute approximate surface area is 334 Å². The first-order valence-electron chi connectivity index (χ1n) is 19.9. The number of para-hydroxylation sites is 2. The van der Waals surface area contributed by atoms with Crippen LogP contribution in [-0.4, -0.2) is 110 Å². The smallest absolute Gasteiger partial charge is 0.315 e. The summed E-state index contributed by atoms with van der Waals surface area (Å²) in [4.78, 5) is 39.2. The largest absolute Gasteiger partial charge is 0.388 e. The van der Waals surface area contributed by atoms with Gasteiger partial charge in [0.05, 0.1) is 23.4 Å². The molecule has 58 heavy (non-hydrogen) atoms. The molecule has 5 atom stereocenters. The molecular weight excluding hydrogens is 737 g/mol. The van der Waals surface area contributed by atoms with Gasteiger partial charge in [-0.05, 0) is 41.3 Å². The summed E-state index contributed by atoms with van der Waals surface area (Å²) in [5.41, 5.74) is 5.24. The van der Waals surface area contributed by atoms with Crippen LogP contribution < -0.4 is 20.9 Å². The highest BCUT2D eigenvalue weighted by Crippen LogP contribution is 2.40. The average Bonchev–Trinajstić information content (AvgIpc) is 4.10. The molecule has 1 aliphatic carbocycles. The Morgan fingerprint density at radius 2 is 1.67 bits per heavy atom. The summed E-state index contributed by atoms with van der Waals surface area (Å²) < 4.78 is 1.82. The third-order valence-corrected chi connectivity index (χ3v) is 11.2. The summed E-state index contributed by atoms with van der Waals surface area (Å²) in [6.07, 6.45) is 1.60. The minimum atomic E-state index is -1.14. The van der Waals surface area contributed by atoms with Crippen molar-refractivity contribution in [3.05, 3.63) is 114 Å². The molecule has 2 amide bonds. The number of aryl methyl sites for hydroxylation is 1. The summed E-state index contributed by atoms with van der Waals surface area (Å²) in [7, 11) is 0. The van der Waals surface area contributed by atoms with Crippen molar-refractivity contribution in [2.45, 2.75) is 68.9 Å². The van der Waals surface area contributed by atoms with Gasteiger partial charge in [-0.1, -0.05) is 79.7 Å². The lowest BCUT2D eigenvalue weighted by Gasteiger charge is -2.22. The molecule has 5 heterocycles. The van der Waals surface area contributed by atoms with Gasteiger partial charge in [-0.3, -0.25) is 0 Å². The van der Waals surface area contributed by atoms with E-state index in [2.05, 4.69) is 70.5 Å². The number of anilines is 2. The third-order valence-electron chi connectivity index (χ3n) is 11.2. The molecule has 9 rings (SSSR count). The molecule has 6 N–H and O–H groups in total. The number of nitrogens with one attached hydrogen (secondary N) is 4. The first-order valence-corrected chi connectivity index (χ1v) is 19.9. The molecule has 0 bridgehead atoms. The summed E-state index contributed by atoms with van der Waals surface area (Å²) in [6, 6.07) is 27.0. The van der Waals surface area contributed by atoms with Crippen LogP contribution in [-0.2, 0) is 12.8 Å². The predicted octanol–water partition coefficient (Wildman–Crippen LogP) is 3.52. The highest BCUT2D eigenvalue weighted by atomic mass is 16.3. The molecule has 3 aromatic carbocycles. The van der Waals surface area contributed by atoms with Crippen LogP contribution >= 0.6 is 0 Å². The van der Waals surface area contributed by atoms with E-state index in [1.54, 1.807) is 6.33 Å². The molecule has 1 saturated heterocycles. The number of hydrogen-bond acceptors (Lipinski definition) is 12. The number of aliphatic hydroxyl groups excluding tert-OH is 2. The molecule has 17 heteroatoms. The van der Waals surface area contributed by atoms with E-state index in [4.69, 9.17) is 15.0 Å². The Morgan fingerprint density at radius 3 is 2.41 bits per heavy atom. The second-order valence-corrected chi connectivity index (χ2v) is 15.0. The van der Waals surface area contributed by atoms with Gasteiger partial charge >= 0.3 is 6.03 Å². The van der Waals surface area contributed by atoms with Gasteiger partial charge in [0.25, 0.3) is 0 Å². The van der Waals surface area contributed by atoms with Crippen LogP contribution in [0.3, 0.4) is 0 Å². The Bertz CT molecular complexity index is 2420. The Morgan fingerprint density at radius 1 is 0.931 bits per heavy atom. The number of fused-ring (bicyclic) bond motifs is 2. The van der Waals surface area contributed by atoms with Crippen molar-refractivity contribution >= 4 is 40.0 Å². The minimum Gasteiger partial charge on any atom is -0.388 e. The number of rotatable bonds is 13. The van der Waals surface area contributed by atoms with E-state index in [0.29, 0.717) is 80.6 Å². The number of amides is 2. The fourth-order valence-electron chi connectivity index (χ4n) is 8.15. The van der Waals surface area contributed by atoms with E-state index in [1.165, 1.54) is 4.80 Å². The monoisotopic (exact) mass is 782 g/mol.